The predicted octanol–water partition coefficient (Wildman–Crippen LogP) is 7.75. The van der Waals surface area contributed by atoms with Gasteiger partial charge in [0.25, 0.3) is 0 Å². The molecule has 0 spiro atoms. The fraction of sp³-hybridized carbons (Fsp3) is 0.429. The number of ether oxygens (including phenoxy) is 1. The van der Waals surface area contributed by atoms with Gasteiger partial charge in [0.05, 0.1) is 6.61 Å². The number of aromatic nitrogens is 2. The Bertz CT molecular complexity index is 886. The molecule has 0 aliphatic carbocycles. The summed E-state index contributed by atoms with van der Waals surface area (Å²) in [5.74, 6) is 2.39. The molecule has 0 radical (unpaired) electrons. The van der Waals surface area contributed by atoms with Gasteiger partial charge in [0.1, 0.15) is 5.75 Å². The van der Waals surface area contributed by atoms with E-state index in [0.29, 0.717) is 5.92 Å². The van der Waals surface area contributed by atoms with E-state index in [4.69, 9.17) is 4.74 Å². The fourth-order valence-corrected chi connectivity index (χ4v) is 3.53. The summed E-state index contributed by atoms with van der Waals surface area (Å²) in [4.78, 5) is 9.20. The second-order valence-corrected chi connectivity index (χ2v) is 8.48. The lowest BCUT2D eigenvalue weighted by atomic mass is 10.0. The summed E-state index contributed by atoms with van der Waals surface area (Å²) in [6, 6.07) is 16.9. The second-order valence-electron chi connectivity index (χ2n) is 8.48. The first-order valence-electron chi connectivity index (χ1n) is 11.8. The first-order chi connectivity index (χ1) is 15.2. The molecule has 31 heavy (non-hydrogen) atoms. The highest BCUT2D eigenvalue weighted by Crippen LogP contribution is 2.24. The lowest BCUT2D eigenvalue weighted by Gasteiger charge is -2.10. The Morgan fingerprint density at radius 1 is 0.774 bits per heavy atom. The minimum atomic E-state index is 0.705. The van der Waals surface area contributed by atoms with Gasteiger partial charge in [-0.3, -0.25) is 0 Å². The summed E-state index contributed by atoms with van der Waals surface area (Å²) in [7, 11) is 0. The summed E-state index contributed by atoms with van der Waals surface area (Å²) < 4.78 is 5.86. The Morgan fingerprint density at radius 2 is 1.45 bits per heavy atom. The third kappa shape index (κ3) is 7.20. The van der Waals surface area contributed by atoms with Gasteiger partial charge < -0.3 is 4.74 Å². The molecule has 0 N–H and O–H groups in total. The molecule has 0 saturated carbocycles. The van der Waals surface area contributed by atoms with E-state index in [2.05, 4.69) is 67.1 Å². The first kappa shape index (κ1) is 23.0. The van der Waals surface area contributed by atoms with E-state index in [1.807, 2.05) is 24.5 Å². The highest BCUT2D eigenvalue weighted by molar-refractivity contribution is 5.64. The smallest absolute Gasteiger partial charge is 0.159 e. The van der Waals surface area contributed by atoms with Crippen molar-refractivity contribution in [2.45, 2.75) is 65.7 Å². The number of aryl methyl sites for hydroxylation is 1. The van der Waals surface area contributed by atoms with Crippen LogP contribution in [0.2, 0.25) is 0 Å². The number of hydrogen-bond acceptors (Lipinski definition) is 3. The lowest BCUT2D eigenvalue weighted by molar-refractivity contribution is 0.282. The van der Waals surface area contributed by atoms with E-state index in [1.165, 1.54) is 37.7 Å². The molecule has 1 aromatic heterocycles. The van der Waals surface area contributed by atoms with Crippen molar-refractivity contribution in [2.75, 3.05) is 6.61 Å². The van der Waals surface area contributed by atoms with Crippen molar-refractivity contribution in [3.05, 3.63) is 66.5 Å². The molecule has 0 saturated heterocycles. The van der Waals surface area contributed by atoms with E-state index in [9.17, 15) is 0 Å². The van der Waals surface area contributed by atoms with Crippen LogP contribution < -0.4 is 4.74 Å². The van der Waals surface area contributed by atoms with Crippen molar-refractivity contribution in [3.8, 4) is 28.3 Å². The van der Waals surface area contributed by atoms with Crippen LogP contribution in [0.25, 0.3) is 22.5 Å². The van der Waals surface area contributed by atoms with Crippen molar-refractivity contribution in [2.24, 2.45) is 5.92 Å². The maximum absolute atomic E-state index is 5.86. The minimum Gasteiger partial charge on any atom is -0.494 e. The van der Waals surface area contributed by atoms with Crippen molar-refractivity contribution in [3.63, 3.8) is 0 Å². The number of hydrogen-bond donors (Lipinski definition) is 0. The molecular weight excluding hydrogens is 380 g/mol. The average molecular weight is 417 g/mol. The third-order valence-electron chi connectivity index (χ3n) is 5.95. The number of unbranched alkanes of at least 4 members (excludes halogenated alkanes) is 3. The Kier molecular flexibility index (Phi) is 9.08. The predicted molar refractivity (Wildman–Crippen MR) is 130 cm³/mol. The molecule has 3 rings (SSSR count). The molecule has 3 heteroatoms. The van der Waals surface area contributed by atoms with Crippen molar-refractivity contribution >= 4 is 0 Å². The van der Waals surface area contributed by atoms with Crippen molar-refractivity contribution < 1.29 is 4.74 Å². The summed E-state index contributed by atoms with van der Waals surface area (Å²) in [6.45, 7) is 7.50. The largest absolute Gasteiger partial charge is 0.494 e. The molecule has 0 aliphatic rings. The zero-order valence-corrected chi connectivity index (χ0v) is 19.3. The lowest BCUT2D eigenvalue weighted by Crippen LogP contribution is -2.03. The van der Waals surface area contributed by atoms with Crippen LogP contribution in [0.1, 0.15) is 64.9 Å². The van der Waals surface area contributed by atoms with Gasteiger partial charge in [0.15, 0.2) is 5.82 Å². The van der Waals surface area contributed by atoms with Gasteiger partial charge in [-0.1, -0.05) is 82.9 Å². The Labute approximate surface area is 187 Å². The van der Waals surface area contributed by atoms with Crippen LogP contribution in [0.15, 0.2) is 60.9 Å². The second kappa shape index (κ2) is 12.2. The summed E-state index contributed by atoms with van der Waals surface area (Å²) >= 11 is 0. The molecule has 0 aliphatic heterocycles. The molecule has 3 nitrogen and oxygen atoms in total. The molecular formula is C28H36N2O. The van der Waals surface area contributed by atoms with Crippen LogP contribution >= 0.6 is 0 Å². The number of rotatable bonds is 12. The maximum atomic E-state index is 5.86. The highest BCUT2D eigenvalue weighted by atomic mass is 16.5. The van der Waals surface area contributed by atoms with E-state index < -0.39 is 0 Å². The van der Waals surface area contributed by atoms with Gasteiger partial charge in [-0.15, -0.1) is 0 Å². The van der Waals surface area contributed by atoms with Crippen LogP contribution in [0.5, 0.6) is 5.75 Å². The van der Waals surface area contributed by atoms with E-state index in [0.717, 1.165) is 47.7 Å². The highest BCUT2D eigenvalue weighted by Gasteiger charge is 2.05. The Balaban J connectivity index is 1.56. The zero-order valence-electron chi connectivity index (χ0n) is 19.3. The SMILES string of the molecule is CCCCCCc1ccc(-c2ncc(-c3ccc(OCCC(C)CC)cc3)cn2)cc1. The van der Waals surface area contributed by atoms with Gasteiger partial charge in [-0.25, -0.2) is 9.97 Å². The molecule has 164 valence electrons. The maximum Gasteiger partial charge on any atom is 0.159 e. The van der Waals surface area contributed by atoms with Crippen molar-refractivity contribution in [1.29, 1.82) is 0 Å². The molecule has 0 bridgehead atoms. The van der Waals surface area contributed by atoms with E-state index in [-0.39, 0.29) is 0 Å². The molecule has 0 amide bonds. The van der Waals surface area contributed by atoms with Crippen LogP contribution in [0.3, 0.4) is 0 Å². The minimum absolute atomic E-state index is 0.705. The van der Waals surface area contributed by atoms with Crippen molar-refractivity contribution in [1.82, 2.24) is 9.97 Å². The standard InChI is InChI=1S/C28H36N2O/c1-4-6-7-8-9-23-10-12-25(13-11-23)28-29-20-26(21-30-28)24-14-16-27(17-15-24)31-19-18-22(3)5-2/h10-17,20-22H,4-9,18-19H2,1-3H3. The van der Waals surface area contributed by atoms with Gasteiger partial charge in [0, 0.05) is 23.5 Å². The molecule has 0 fully saturated rings. The molecule has 3 aromatic rings. The Hall–Kier alpha value is -2.68. The van der Waals surface area contributed by atoms with Crippen LogP contribution in [0, 0.1) is 5.92 Å². The van der Waals surface area contributed by atoms with Gasteiger partial charge >= 0.3 is 0 Å². The molecule has 2 aromatic carbocycles. The molecule has 1 atom stereocenters. The summed E-state index contributed by atoms with van der Waals surface area (Å²) in [5, 5.41) is 0. The van der Waals surface area contributed by atoms with Gasteiger partial charge in [0.2, 0.25) is 0 Å². The third-order valence-corrected chi connectivity index (χ3v) is 5.95. The zero-order chi connectivity index (χ0) is 21.9. The van der Waals surface area contributed by atoms with Crippen LogP contribution in [0.4, 0.5) is 0 Å². The normalized spacial score (nSPS) is 12.0. The Morgan fingerprint density at radius 3 is 2.10 bits per heavy atom. The quantitative estimate of drug-likeness (QED) is 0.283. The van der Waals surface area contributed by atoms with E-state index >= 15 is 0 Å². The van der Waals surface area contributed by atoms with Gasteiger partial charge in [-0.2, -0.15) is 0 Å². The van der Waals surface area contributed by atoms with E-state index in [1.54, 1.807) is 0 Å². The topological polar surface area (TPSA) is 35.0 Å². The molecule has 1 heterocycles. The summed E-state index contributed by atoms with van der Waals surface area (Å²) in [6.07, 6.45) is 12.4. The van der Waals surface area contributed by atoms with Crippen LogP contribution in [-0.4, -0.2) is 16.6 Å². The number of benzene rings is 2. The average Bonchev–Trinajstić information content (AvgIpc) is 2.83. The monoisotopic (exact) mass is 416 g/mol. The summed E-state index contributed by atoms with van der Waals surface area (Å²) in [5.41, 5.74) is 4.57. The van der Waals surface area contributed by atoms with Gasteiger partial charge in [-0.05, 0) is 48.4 Å². The van der Waals surface area contributed by atoms with Crippen LogP contribution in [-0.2, 0) is 6.42 Å². The number of nitrogens with zero attached hydrogens (tertiary/aromatic N) is 2. The first-order valence-corrected chi connectivity index (χ1v) is 11.8. The molecule has 1 unspecified atom stereocenters. The fourth-order valence-electron chi connectivity index (χ4n) is 3.53.